The Kier molecular flexibility index (Phi) is 5.77. The highest BCUT2D eigenvalue weighted by molar-refractivity contribution is 9.10. The van der Waals surface area contributed by atoms with Gasteiger partial charge in [-0.05, 0) is 66.6 Å². The summed E-state index contributed by atoms with van der Waals surface area (Å²) < 4.78 is 12.7. The molecule has 6 rings (SSSR count). The van der Waals surface area contributed by atoms with E-state index < -0.39 is 17.7 Å². The first-order valence-corrected chi connectivity index (χ1v) is 13.3. The molecule has 3 aromatic carbocycles. The minimum absolute atomic E-state index is 0.0202. The topological polar surface area (TPSA) is 89.0 Å². The maximum absolute atomic E-state index is 13.5. The molecule has 0 radical (unpaired) electrons. The SMILES string of the molecule is COc1ccc2nc(N3C(=O)C(=O)/C(=C(/O)c4ccc5c(c4)C[C@H](C)O5)[C@H]3c3cccc(Br)c3)sc2c1. The van der Waals surface area contributed by atoms with E-state index in [4.69, 9.17) is 9.47 Å². The zero-order chi connectivity index (χ0) is 25.8. The smallest absolute Gasteiger partial charge is 0.301 e. The first-order chi connectivity index (χ1) is 17.8. The molecule has 0 spiro atoms. The van der Waals surface area contributed by atoms with E-state index in [9.17, 15) is 14.7 Å². The molecule has 37 heavy (non-hydrogen) atoms. The lowest BCUT2D eigenvalue weighted by Crippen LogP contribution is -2.29. The predicted molar refractivity (Wildman–Crippen MR) is 145 cm³/mol. The molecule has 0 bridgehead atoms. The van der Waals surface area contributed by atoms with Crippen molar-refractivity contribution in [2.24, 2.45) is 0 Å². The standard InChI is InChI=1S/C28H21BrN2O5S/c1-14-10-17-11-16(6-9-21(17)36-14)25(32)23-24(15-4-3-5-18(29)12-15)31(27(34)26(23)33)28-30-20-8-7-19(35-2)13-22(20)37-28/h3-9,11-14,24,32H,10H2,1-2H3/b25-23+/t14-,24+/m0/s1. The highest BCUT2D eigenvalue weighted by Gasteiger charge is 2.48. The number of Topliss-reactive ketones (excluding diaryl/α,β-unsaturated/α-hetero) is 1. The molecular weight excluding hydrogens is 556 g/mol. The number of aliphatic hydroxyl groups excluding tert-OH is 1. The number of ketones is 1. The van der Waals surface area contributed by atoms with Gasteiger partial charge in [0.25, 0.3) is 5.78 Å². The Hall–Kier alpha value is -3.69. The van der Waals surface area contributed by atoms with Crippen LogP contribution in [-0.4, -0.2) is 35.0 Å². The highest BCUT2D eigenvalue weighted by Crippen LogP contribution is 2.45. The van der Waals surface area contributed by atoms with Gasteiger partial charge >= 0.3 is 5.91 Å². The number of ether oxygens (including phenoxy) is 2. The number of rotatable bonds is 4. The third kappa shape index (κ3) is 3.98. The molecule has 7 nitrogen and oxygen atoms in total. The van der Waals surface area contributed by atoms with Crippen molar-refractivity contribution in [1.82, 2.24) is 4.98 Å². The maximum Gasteiger partial charge on any atom is 0.301 e. The molecule has 1 amide bonds. The van der Waals surface area contributed by atoms with Crippen molar-refractivity contribution in [3.8, 4) is 11.5 Å². The summed E-state index contributed by atoms with van der Waals surface area (Å²) in [5, 5.41) is 11.8. The van der Waals surface area contributed by atoms with Crippen LogP contribution in [0.4, 0.5) is 5.13 Å². The number of halogens is 1. The summed E-state index contributed by atoms with van der Waals surface area (Å²) >= 11 is 4.78. The zero-order valence-corrected chi connectivity index (χ0v) is 22.3. The van der Waals surface area contributed by atoms with E-state index in [1.165, 1.54) is 16.2 Å². The van der Waals surface area contributed by atoms with Gasteiger partial charge in [0.2, 0.25) is 0 Å². The summed E-state index contributed by atoms with van der Waals surface area (Å²) in [7, 11) is 1.58. The van der Waals surface area contributed by atoms with Crippen molar-refractivity contribution in [3.63, 3.8) is 0 Å². The Morgan fingerprint density at radius 1 is 1.16 bits per heavy atom. The van der Waals surface area contributed by atoms with Gasteiger partial charge in [0.15, 0.2) is 5.13 Å². The van der Waals surface area contributed by atoms with E-state index in [1.807, 2.05) is 49.4 Å². The van der Waals surface area contributed by atoms with Crippen LogP contribution in [-0.2, 0) is 16.0 Å². The van der Waals surface area contributed by atoms with Gasteiger partial charge in [0, 0.05) is 16.5 Å². The lowest BCUT2D eigenvalue weighted by atomic mass is 9.94. The summed E-state index contributed by atoms with van der Waals surface area (Å²) in [5.74, 6) is -0.294. The third-order valence-electron chi connectivity index (χ3n) is 6.57. The minimum Gasteiger partial charge on any atom is -0.507 e. The fraction of sp³-hybridized carbons (Fsp3) is 0.179. The van der Waals surface area contributed by atoms with Crippen LogP contribution in [0.5, 0.6) is 11.5 Å². The Morgan fingerprint density at radius 2 is 2.00 bits per heavy atom. The molecule has 0 unspecified atom stereocenters. The van der Waals surface area contributed by atoms with Crippen molar-refractivity contribution in [3.05, 3.63) is 87.4 Å². The van der Waals surface area contributed by atoms with Crippen LogP contribution in [0.3, 0.4) is 0 Å². The quantitative estimate of drug-likeness (QED) is 0.181. The van der Waals surface area contributed by atoms with E-state index in [0.29, 0.717) is 33.9 Å². The second kappa shape index (κ2) is 9.00. The van der Waals surface area contributed by atoms with Crippen molar-refractivity contribution in [1.29, 1.82) is 0 Å². The van der Waals surface area contributed by atoms with Crippen molar-refractivity contribution >= 4 is 60.1 Å². The second-order valence-electron chi connectivity index (χ2n) is 9.01. The molecule has 9 heteroatoms. The van der Waals surface area contributed by atoms with Crippen LogP contribution in [0, 0.1) is 0 Å². The van der Waals surface area contributed by atoms with Crippen LogP contribution in [0.1, 0.15) is 29.7 Å². The van der Waals surface area contributed by atoms with E-state index in [0.717, 1.165) is 20.5 Å². The van der Waals surface area contributed by atoms with Gasteiger partial charge in [-0.1, -0.05) is 39.4 Å². The molecule has 1 saturated heterocycles. The Labute approximate surface area is 225 Å². The number of methoxy groups -OCH3 is 1. The molecule has 0 aliphatic carbocycles. The molecule has 1 aromatic heterocycles. The van der Waals surface area contributed by atoms with Crippen LogP contribution >= 0.6 is 27.3 Å². The van der Waals surface area contributed by atoms with Crippen LogP contribution in [0.25, 0.3) is 16.0 Å². The fourth-order valence-corrected chi connectivity index (χ4v) is 6.31. The van der Waals surface area contributed by atoms with Crippen molar-refractivity contribution in [2.75, 3.05) is 12.0 Å². The number of anilines is 1. The summed E-state index contributed by atoms with van der Waals surface area (Å²) in [6, 6.07) is 17.3. The molecule has 1 fully saturated rings. The van der Waals surface area contributed by atoms with Gasteiger partial charge in [0.05, 0.1) is 28.9 Å². The number of nitrogens with zero attached hydrogens (tertiary/aromatic N) is 2. The fourth-order valence-electron chi connectivity index (χ4n) is 4.87. The van der Waals surface area contributed by atoms with Gasteiger partial charge in [-0.2, -0.15) is 0 Å². The second-order valence-corrected chi connectivity index (χ2v) is 10.9. The molecule has 3 heterocycles. The van der Waals surface area contributed by atoms with Gasteiger partial charge < -0.3 is 14.6 Å². The van der Waals surface area contributed by atoms with Crippen molar-refractivity contribution in [2.45, 2.75) is 25.5 Å². The average Bonchev–Trinajstić information content (AvgIpc) is 3.55. The van der Waals surface area contributed by atoms with Gasteiger partial charge in [-0.15, -0.1) is 0 Å². The maximum atomic E-state index is 13.5. The van der Waals surface area contributed by atoms with Gasteiger partial charge in [0.1, 0.15) is 23.4 Å². The number of fused-ring (bicyclic) bond motifs is 2. The van der Waals surface area contributed by atoms with Gasteiger partial charge in [-0.3, -0.25) is 14.5 Å². The van der Waals surface area contributed by atoms with Crippen LogP contribution < -0.4 is 14.4 Å². The zero-order valence-electron chi connectivity index (χ0n) is 19.9. The molecule has 4 aromatic rings. The lowest BCUT2D eigenvalue weighted by Gasteiger charge is -2.23. The highest BCUT2D eigenvalue weighted by atomic mass is 79.9. The van der Waals surface area contributed by atoms with Crippen LogP contribution in [0.2, 0.25) is 0 Å². The van der Waals surface area contributed by atoms with E-state index in [2.05, 4.69) is 20.9 Å². The number of aliphatic hydroxyl groups is 1. The van der Waals surface area contributed by atoms with Crippen LogP contribution in [0.15, 0.2) is 70.7 Å². The Morgan fingerprint density at radius 3 is 2.78 bits per heavy atom. The van der Waals surface area contributed by atoms with E-state index in [1.54, 1.807) is 25.3 Å². The summed E-state index contributed by atoms with van der Waals surface area (Å²) in [5.41, 5.74) is 2.79. The largest absolute Gasteiger partial charge is 0.507 e. The lowest BCUT2D eigenvalue weighted by molar-refractivity contribution is -0.132. The molecule has 2 atom stereocenters. The predicted octanol–water partition coefficient (Wildman–Crippen LogP) is 6.02. The average molecular weight is 577 g/mol. The number of hydrogen-bond acceptors (Lipinski definition) is 7. The number of hydrogen-bond donors (Lipinski definition) is 1. The number of benzene rings is 3. The minimum atomic E-state index is -0.858. The molecule has 186 valence electrons. The number of carbonyl (C=O) groups is 2. The first kappa shape index (κ1) is 23.7. The Bertz CT molecular complexity index is 1630. The molecule has 2 aliphatic rings. The first-order valence-electron chi connectivity index (χ1n) is 11.6. The number of aromatic nitrogens is 1. The molecule has 1 N–H and O–H groups in total. The van der Waals surface area contributed by atoms with Gasteiger partial charge in [-0.25, -0.2) is 4.98 Å². The molecular formula is C28H21BrN2O5S. The third-order valence-corrected chi connectivity index (χ3v) is 8.08. The molecule has 2 aliphatic heterocycles. The summed E-state index contributed by atoms with van der Waals surface area (Å²) in [6.45, 7) is 1.98. The van der Waals surface area contributed by atoms with E-state index >= 15 is 0 Å². The normalized spacial score (nSPS) is 20.4. The number of thiazole rings is 1. The summed E-state index contributed by atoms with van der Waals surface area (Å²) in [6.07, 6.45) is 0.743. The van der Waals surface area contributed by atoms with E-state index in [-0.39, 0.29) is 17.4 Å². The number of carbonyl (C=O) groups excluding carboxylic acids is 2. The molecule has 0 saturated carbocycles. The number of amides is 1. The van der Waals surface area contributed by atoms with Crippen molar-refractivity contribution < 1.29 is 24.2 Å². The monoisotopic (exact) mass is 576 g/mol. The summed E-state index contributed by atoms with van der Waals surface area (Å²) in [4.78, 5) is 33.0. The Balaban J connectivity index is 1.53.